The molecule has 1 aromatic carbocycles. The van der Waals surface area contributed by atoms with Crippen LogP contribution in [0.5, 0.6) is 0 Å². The van der Waals surface area contributed by atoms with Crippen molar-refractivity contribution >= 4 is 23.2 Å². The van der Waals surface area contributed by atoms with Crippen molar-refractivity contribution in [3.8, 4) is 0 Å². The molecule has 0 fully saturated rings. The molecular weight excluding hydrogens is 434 g/mol. The number of amides is 1. The summed E-state index contributed by atoms with van der Waals surface area (Å²) < 4.78 is 55.5. The summed E-state index contributed by atoms with van der Waals surface area (Å²) in [6, 6.07) is 3.76. The molecule has 4 nitrogen and oxygen atoms in total. The molecule has 0 saturated heterocycles. The van der Waals surface area contributed by atoms with Gasteiger partial charge in [0.25, 0.3) is 0 Å². The number of nitrogens with one attached hydrogen (secondary N) is 1. The number of rotatable bonds is 4. The molecule has 31 heavy (non-hydrogen) atoms. The van der Waals surface area contributed by atoms with Crippen molar-refractivity contribution < 1.29 is 22.4 Å². The first-order chi connectivity index (χ1) is 14.3. The van der Waals surface area contributed by atoms with E-state index in [4.69, 9.17) is 11.6 Å². The molecule has 1 amide bonds. The predicted molar refractivity (Wildman–Crippen MR) is 111 cm³/mol. The highest BCUT2D eigenvalue weighted by molar-refractivity contribution is 6.30. The van der Waals surface area contributed by atoms with E-state index in [0.29, 0.717) is 29.0 Å². The molecule has 0 saturated carbocycles. The molecule has 0 bridgehead atoms. The summed E-state index contributed by atoms with van der Waals surface area (Å²) in [5, 5.41) is 3.25. The number of hydrogen-bond acceptors (Lipinski definition) is 3. The first-order valence-electron chi connectivity index (χ1n) is 9.81. The van der Waals surface area contributed by atoms with Gasteiger partial charge in [0.15, 0.2) is 6.04 Å². The van der Waals surface area contributed by atoms with E-state index >= 15 is 0 Å². The van der Waals surface area contributed by atoms with Gasteiger partial charge >= 0.3 is 6.18 Å². The minimum atomic E-state index is -4.68. The quantitative estimate of drug-likeness (QED) is 0.611. The Morgan fingerprint density at radius 1 is 1.19 bits per heavy atom. The second-order valence-corrected chi connectivity index (χ2v) is 9.24. The molecule has 3 rings (SSSR count). The fourth-order valence-corrected chi connectivity index (χ4v) is 4.03. The first-order valence-corrected chi connectivity index (χ1v) is 10.2. The number of pyridine rings is 1. The molecule has 2 atom stereocenters. The Labute approximate surface area is 183 Å². The third kappa shape index (κ3) is 4.95. The van der Waals surface area contributed by atoms with Crippen LogP contribution >= 0.6 is 11.6 Å². The van der Waals surface area contributed by atoms with Crippen LogP contribution in [0, 0.1) is 11.2 Å². The lowest BCUT2D eigenvalue weighted by Crippen LogP contribution is -2.44. The normalized spacial score (nSPS) is 17.3. The number of aromatic nitrogens is 1. The van der Waals surface area contributed by atoms with Gasteiger partial charge in [-0.05, 0) is 42.2 Å². The maximum absolute atomic E-state index is 14.2. The molecule has 0 radical (unpaired) electrons. The van der Waals surface area contributed by atoms with Crippen LogP contribution < -0.4 is 5.32 Å². The Morgan fingerprint density at radius 3 is 2.42 bits per heavy atom. The van der Waals surface area contributed by atoms with Crippen molar-refractivity contribution in [1.82, 2.24) is 9.88 Å². The topological polar surface area (TPSA) is 45.2 Å². The number of nitrogens with zero attached hydrogens (tertiary/aromatic N) is 2. The van der Waals surface area contributed by atoms with E-state index in [0.717, 1.165) is 12.6 Å². The third-order valence-corrected chi connectivity index (χ3v) is 5.60. The minimum absolute atomic E-state index is 0.0672. The zero-order valence-electron chi connectivity index (χ0n) is 17.6. The van der Waals surface area contributed by atoms with Crippen LogP contribution in [0.3, 0.4) is 0 Å². The molecule has 1 aliphatic carbocycles. The summed E-state index contributed by atoms with van der Waals surface area (Å²) in [4.78, 5) is 17.1. The molecule has 0 spiro atoms. The lowest BCUT2D eigenvalue weighted by molar-refractivity contribution is -0.192. The van der Waals surface area contributed by atoms with Crippen LogP contribution in [-0.2, 0) is 17.6 Å². The average molecular weight is 458 g/mol. The fraction of sp³-hybridized carbons (Fsp3) is 0.455. The number of hydrogen-bond donors (Lipinski definition) is 1. The summed E-state index contributed by atoms with van der Waals surface area (Å²) in [5.74, 6) is -1.07. The lowest BCUT2D eigenvalue weighted by Gasteiger charge is -2.33. The van der Waals surface area contributed by atoms with E-state index in [2.05, 4.69) is 10.3 Å². The van der Waals surface area contributed by atoms with Crippen LogP contribution in [0.4, 0.5) is 23.2 Å². The number of fused-ring (bicyclic) bond motifs is 1. The summed E-state index contributed by atoms with van der Waals surface area (Å²) in [7, 11) is 1.13. The van der Waals surface area contributed by atoms with Gasteiger partial charge in [0.2, 0.25) is 5.91 Å². The highest BCUT2D eigenvalue weighted by Crippen LogP contribution is 2.38. The van der Waals surface area contributed by atoms with Crippen LogP contribution in [0.15, 0.2) is 30.5 Å². The number of carbonyl (C=O) groups excluding carboxylic acids is 1. The Hall–Kier alpha value is -2.35. The van der Waals surface area contributed by atoms with Crippen molar-refractivity contribution in [3.63, 3.8) is 0 Å². The van der Waals surface area contributed by atoms with Crippen LogP contribution in [-0.4, -0.2) is 35.1 Å². The van der Waals surface area contributed by atoms with Crippen LogP contribution in [0.2, 0.25) is 5.02 Å². The molecule has 1 unspecified atom stereocenters. The summed E-state index contributed by atoms with van der Waals surface area (Å²) in [5.41, 5.74) is 0.678. The van der Waals surface area contributed by atoms with E-state index < -0.39 is 29.4 Å². The lowest BCUT2D eigenvalue weighted by atomic mass is 9.93. The number of carbonyl (C=O) groups is 1. The molecule has 1 aromatic heterocycles. The van der Waals surface area contributed by atoms with E-state index in [1.807, 2.05) is 0 Å². The molecule has 0 aliphatic heterocycles. The highest BCUT2D eigenvalue weighted by Gasteiger charge is 2.47. The van der Waals surface area contributed by atoms with Gasteiger partial charge in [-0.2, -0.15) is 13.2 Å². The van der Waals surface area contributed by atoms with Gasteiger partial charge in [0, 0.05) is 18.5 Å². The van der Waals surface area contributed by atoms with Gasteiger partial charge < -0.3 is 10.2 Å². The van der Waals surface area contributed by atoms with E-state index in [1.54, 1.807) is 26.8 Å². The smallest absolute Gasteiger partial charge is 0.380 e. The second kappa shape index (κ2) is 8.30. The second-order valence-electron chi connectivity index (χ2n) is 8.83. The molecule has 1 N–H and O–H groups in total. The van der Waals surface area contributed by atoms with Gasteiger partial charge in [0.05, 0.1) is 22.6 Å². The number of halogens is 5. The number of alkyl halides is 3. The maximum Gasteiger partial charge on any atom is 0.414 e. The monoisotopic (exact) mass is 457 g/mol. The van der Waals surface area contributed by atoms with Crippen molar-refractivity contribution in [1.29, 1.82) is 0 Å². The van der Waals surface area contributed by atoms with E-state index in [1.165, 1.54) is 24.4 Å². The molecule has 2 aromatic rings. The Bertz CT molecular complexity index is 970. The summed E-state index contributed by atoms with van der Waals surface area (Å²) in [6.07, 6.45) is -2.39. The van der Waals surface area contributed by atoms with Crippen molar-refractivity contribution in [2.24, 2.45) is 5.41 Å². The van der Waals surface area contributed by atoms with Gasteiger partial charge in [-0.1, -0.05) is 38.4 Å². The Balaban J connectivity index is 1.77. The molecular formula is C22H24ClF4N3O. The molecule has 1 heterocycles. The number of benzene rings is 1. The van der Waals surface area contributed by atoms with Crippen molar-refractivity contribution in [2.75, 3.05) is 12.4 Å². The van der Waals surface area contributed by atoms with Crippen LogP contribution in [0.25, 0.3) is 0 Å². The van der Waals surface area contributed by atoms with Gasteiger partial charge in [-0.3, -0.25) is 9.78 Å². The largest absolute Gasteiger partial charge is 0.414 e. The highest BCUT2D eigenvalue weighted by atomic mass is 35.5. The van der Waals surface area contributed by atoms with Gasteiger partial charge in [0.1, 0.15) is 5.82 Å². The Morgan fingerprint density at radius 2 is 1.87 bits per heavy atom. The molecule has 168 valence electrons. The first kappa shape index (κ1) is 23.3. The molecule has 1 aliphatic rings. The van der Waals surface area contributed by atoms with Gasteiger partial charge in [-0.25, -0.2) is 4.39 Å². The predicted octanol–water partition coefficient (Wildman–Crippen LogP) is 5.56. The SMILES string of the molecule is CN(C(=O)C(C)(C)C)[C@@H](c1ccc(NC2Cc3ccc(Cl)c(F)c3C2)cn1)C(F)(F)F. The van der Waals surface area contributed by atoms with Crippen LogP contribution in [0.1, 0.15) is 43.6 Å². The summed E-state index contributed by atoms with van der Waals surface area (Å²) >= 11 is 5.83. The van der Waals surface area contributed by atoms with E-state index in [-0.39, 0.29) is 16.8 Å². The Kier molecular flexibility index (Phi) is 6.24. The maximum atomic E-state index is 14.2. The zero-order chi connectivity index (χ0) is 23.1. The van der Waals surface area contributed by atoms with E-state index in [9.17, 15) is 22.4 Å². The van der Waals surface area contributed by atoms with Crippen molar-refractivity contribution in [2.45, 2.75) is 51.9 Å². The molecule has 9 heteroatoms. The van der Waals surface area contributed by atoms with Crippen molar-refractivity contribution in [3.05, 3.63) is 58.1 Å². The number of anilines is 1. The average Bonchev–Trinajstić information content (AvgIpc) is 3.07. The zero-order valence-corrected chi connectivity index (χ0v) is 18.4. The summed E-state index contributed by atoms with van der Waals surface area (Å²) in [6.45, 7) is 4.69. The minimum Gasteiger partial charge on any atom is -0.380 e. The third-order valence-electron chi connectivity index (χ3n) is 5.31. The standard InChI is InChI=1S/C22H24ClF4N3O/c1-21(2,3)20(31)30(4)19(22(25,26)27)17-8-6-13(11-28-17)29-14-9-12-5-7-16(23)18(24)15(12)10-14/h5-8,11,14,19,29H,9-10H2,1-4H3/t14?,19-/m0/s1. The van der Waals surface area contributed by atoms with Gasteiger partial charge in [-0.15, -0.1) is 0 Å². The fourth-order valence-electron chi connectivity index (χ4n) is 3.85.